The van der Waals surface area contributed by atoms with Gasteiger partial charge in [-0.25, -0.2) is 0 Å². The number of likely N-dealkylation sites (N-methyl/N-ethyl adjacent to an activating group) is 1. The first kappa shape index (κ1) is 17.2. The van der Waals surface area contributed by atoms with Gasteiger partial charge in [-0.2, -0.15) is 5.10 Å². The summed E-state index contributed by atoms with van der Waals surface area (Å²) < 4.78 is 1.72. The van der Waals surface area contributed by atoms with Gasteiger partial charge in [0.2, 0.25) is 5.91 Å². The predicted octanol–water partition coefficient (Wildman–Crippen LogP) is 1.53. The summed E-state index contributed by atoms with van der Waals surface area (Å²) in [5, 5.41) is 4.32. The Morgan fingerprint density at radius 3 is 2.60 bits per heavy atom. The molecular formula is C19H24N4O2. The first-order valence-electron chi connectivity index (χ1n) is 8.56. The fraction of sp³-hybridized carbons (Fsp3) is 0.421. The SMILES string of the molecule is CN(C)C(=O)C1(n2cccn2)CCCN(C(=O)Cc2ccccc2)C1. The summed E-state index contributed by atoms with van der Waals surface area (Å²) in [4.78, 5) is 29.2. The number of rotatable bonds is 4. The van der Waals surface area contributed by atoms with Crippen molar-refractivity contribution in [3.05, 3.63) is 54.4 Å². The van der Waals surface area contributed by atoms with E-state index in [9.17, 15) is 9.59 Å². The average Bonchev–Trinajstić information content (AvgIpc) is 3.17. The summed E-state index contributed by atoms with van der Waals surface area (Å²) in [6.07, 6.45) is 5.30. The molecule has 132 valence electrons. The van der Waals surface area contributed by atoms with Crippen molar-refractivity contribution >= 4 is 11.8 Å². The van der Waals surface area contributed by atoms with Crippen molar-refractivity contribution in [3.8, 4) is 0 Å². The lowest BCUT2D eigenvalue weighted by Crippen LogP contribution is -2.59. The highest BCUT2D eigenvalue weighted by Crippen LogP contribution is 2.30. The number of likely N-dealkylation sites (tertiary alicyclic amines) is 1. The van der Waals surface area contributed by atoms with Gasteiger partial charge >= 0.3 is 0 Å². The second-order valence-corrected chi connectivity index (χ2v) is 6.76. The lowest BCUT2D eigenvalue weighted by molar-refractivity contribution is -0.146. The molecule has 0 spiro atoms. The molecule has 6 heteroatoms. The Morgan fingerprint density at radius 2 is 1.96 bits per heavy atom. The molecule has 1 unspecified atom stereocenters. The summed E-state index contributed by atoms with van der Waals surface area (Å²) in [7, 11) is 3.50. The van der Waals surface area contributed by atoms with Gasteiger partial charge in [0, 0.05) is 33.0 Å². The molecule has 1 fully saturated rings. The number of aromatic nitrogens is 2. The van der Waals surface area contributed by atoms with Crippen LogP contribution in [0.2, 0.25) is 0 Å². The third kappa shape index (κ3) is 3.43. The smallest absolute Gasteiger partial charge is 0.251 e. The standard InChI is InChI=1S/C19H24N4O2/c1-21(2)18(25)19(23-13-7-11-20-23)10-6-12-22(15-19)17(24)14-16-8-4-3-5-9-16/h3-5,7-9,11,13H,6,10,12,14-15H2,1-2H3. The van der Waals surface area contributed by atoms with Gasteiger partial charge in [0.1, 0.15) is 0 Å². The van der Waals surface area contributed by atoms with Crippen LogP contribution < -0.4 is 0 Å². The van der Waals surface area contributed by atoms with Crippen LogP contribution in [0.5, 0.6) is 0 Å². The zero-order valence-electron chi connectivity index (χ0n) is 14.8. The lowest BCUT2D eigenvalue weighted by atomic mass is 9.87. The Labute approximate surface area is 148 Å². The molecule has 0 bridgehead atoms. The quantitative estimate of drug-likeness (QED) is 0.848. The monoisotopic (exact) mass is 340 g/mol. The van der Waals surface area contributed by atoms with E-state index in [1.54, 1.807) is 34.8 Å². The molecule has 6 nitrogen and oxygen atoms in total. The van der Waals surface area contributed by atoms with Gasteiger partial charge < -0.3 is 9.80 Å². The molecule has 0 saturated carbocycles. The highest BCUT2D eigenvalue weighted by molar-refractivity contribution is 5.86. The molecule has 1 aromatic carbocycles. The molecule has 1 aliphatic heterocycles. The number of benzene rings is 1. The van der Waals surface area contributed by atoms with Crippen molar-refractivity contribution in [2.24, 2.45) is 0 Å². The molecule has 1 atom stereocenters. The molecule has 0 N–H and O–H groups in total. The topological polar surface area (TPSA) is 58.4 Å². The van der Waals surface area contributed by atoms with Crippen LogP contribution in [0.3, 0.4) is 0 Å². The van der Waals surface area contributed by atoms with Gasteiger partial charge in [0.05, 0.1) is 13.0 Å². The van der Waals surface area contributed by atoms with Crippen molar-refractivity contribution in [1.82, 2.24) is 19.6 Å². The number of amides is 2. The van der Waals surface area contributed by atoms with Crippen LogP contribution in [-0.4, -0.2) is 58.6 Å². The number of carbonyl (C=O) groups is 2. The minimum absolute atomic E-state index is 0.0200. The van der Waals surface area contributed by atoms with Gasteiger partial charge in [0.15, 0.2) is 5.54 Å². The van der Waals surface area contributed by atoms with Gasteiger partial charge in [-0.15, -0.1) is 0 Å². The van der Waals surface area contributed by atoms with Gasteiger partial charge in [-0.1, -0.05) is 30.3 Å². The minimum atomic E-state index is -0.822. The molecule has 2 aromatic rings. The van der Waals surface area contributed by atoms with E-state index in [-0.39, 0.29) is 11.8 Å². The molecule has 0 aliphatic carbocycles. The first-order chi connectivity index (χ1) is 12.0. The lowest BCUT2D eigenvalue weighted by Gasteiger charge is -2.43. The van der Waals surface area contributed by atoms with Crippen molar-refractivity contribution in [2.45, 2.75) is 24.8 Å². The fourth-order valence-corrected chi connectivity index (χ4v) is 3.53. The Kier molecular flexibility index (Phi) is 4.88. The van der Waals surface area contributed by atoms with E-state index < -0.39 is 5.54 Å². The Hall–Kier alpha value is -2.63. The number of nitrogens with zero attached hydrogens (tertiary/aromatic N) is 4. The normalized spacial score (nSPS) is 20.3. The zero-order chi connectivity index (χ0) is 17.9. The van der Waals surface area contributed by atoms with Gasteiger partial charge in [-0.05, 0) is 24.5 Å². The van der Waals surface area contributed by atoms with Crippen LogP contribution in [-0.2, 0) is 21.5 Å². The summed E-state index contributed by atoms with van der Waals surface area (Å²) in [5.74, 6) is 0.0300. The van der Waals surface area contributed by atoms with E-state index >= 15 is 0 Å². The number of hydrogen-bond donors (Lipinski definition) is 0. The van der Waals surface area contributed by atoms with Crippen LogP contribution in [0.1, 0.15) is 18.4 Å². The molecular weight excluding hydrogens is 316 g/mol. The number of hydrogen-bond acceptors (Lipinski definition) is 3. The largest absolute Gasteiger partial charge is 0.347 e. The van der Waals surface area contributed by atoms with E-state index in [1.807, 2.05) is 42.6 Å². The Bertz CT molecular complexity index is 727. The van der Waals surface area contributed by atoms with E-state index in [1.165, 1.54) is 0 Å². The summed E-state index contributed by atoms with van der Waals surface area (Å²) in [5.41, 5.74) is 0.166. The second-order valence-electron chi connectivity index (χ2n) is 6.76. The number of piperidine rings is 1. The molecule has 0 radical (unpaired) electrons. The van der Waals surface area contributed by atoms with E-state index in [4.69, 9.17) is 0 Å². The minimum Gasteiger partial charge on any atom is -0.347 e. The van der Waals surface area contributed by atoms with E-state index in [2.05, 4.69) is 5.10 Å². The highest BCUT2D eigenvalue weighted by atomic mass is 16.2. The van der Waals surface area contributed by atoms with E-state index in [0.717, 1.165) is 12.0 Å². The van der Waals surface area contributed by atoms with Crippen molar-refractivity contribution in [3.63, 3.8) is 0 Å². The molecule has 2 heterocycles. The van der Waals surface area contributed by atoms with Gasteiger partial charge in [0.25, 0.3) is 5.91 Å². The zero-order valence-corrected chi connectivity index (χ0v) is 14.8. The fourth-order valence-electron chi connectivity index (χ4n) is 3.53. The number of carbonyl (C=O) groups excluding carboxylic acids is 2. The van der Waals surface area contributed by atoms with Crippen LogP contribution in [0.25, 0.3) is 0 Å². The van der Waals surface area contributed by atoms with Crippen LogP contribution in [0, 0.1) is 0 Å². The molecule has 25 heavy (non-hydrogen) atoms. The second kappa shape index (κ2) is 7.09. The molecule has 1 saturated heterocycles. The van der Waals surface area contributed by atoms with Crippen molar-refractivity contribution < 1.29 is 9.59 Å². The van der Waals surface area contributed by atoms with Crippen molar-refractivity contribution in [2.75, 3.05) is 27.2 Å². The maximum atomic E-state index is 13.0. The molecule has 1 aliphatic rings. The third-order valence-corrected chi connectivity index (χ3v) is 4.77. The summed E-state index contributed by atoms with van der Waals surface area (Å²) in [6.45, 7) is 1.03. The van der Waals surface area contributed by atoms with Crippen LogP contribution >= 0.6 is 0 Å². The van der Waals surface area contributed by atoms with Crippen LogP contribution in [0.15, 0.2) is 48.8 Å². The third-order valence-electron chi connectivity index (χ3n) is 4.77. The molecule has 2 amide bonds. The van der Waals surface area contributed by atoms with E-state index in [0.29, 0.717) is 25.9 Å². The molecule has 1 aromatic heterocycles. The maximum absolute atomic E-state index is 13.0. The van der Waals surface area contributed by atoms with Gasteiger partial charge in [-0.3, -0.25) is 14.3 Å². The summed E-state index contributed by atoms with van der Waals surface area (Å²) in [6, 6.07) is 11.5. The highest BCUT2D eigenvalue weighted by Gasteiger charge is 2.46. The Balaban J connectivity index is 1.84. The summed E-state index contributed by atoms with van der Waals surface area (Å²) >= 11 is 0. The maximum Gasteiger partial charge on any atom is 0.251 e. The average molecular weight is 340 g/mol. The Morgan fingerprint density at radius 1 is 1.20 bits per heavy atom. The van der Waals surface area contributed by atoms with Crippen LogP contribution in [0.4, 0.5) is 0 Å². The first-order valence-corrected chi connectivity index (χ1v) is 8.56. The predicted molar refractivity (Wildman–Crippen MR) is 94.9 cm³/mol. The molecule has 3 rings (SSSR count). The van der Waals surface area contributed by atoms with Crippen molar-refractivity contribution in [1.29, 1.82) is 0 Å².